The van der Waals surface area contributed by atoms with Crippen molar-refractivity contribution in [3.05, 3.63) is 35.1 Å². The first kappa shape index (κ1) is 14.6. The van der Waals surface area contributed by atoms with Crippen LogP contribution in [0.3, 0.4) is 0 Å². The van der Waals surface area contributed by atoms with Gasteiger partial charge in [0.1, 0.15) is 5.82 Å². The third-order valence-electron chi connectivity index (χ3n) is 2.25. The molecule has 1 rings (SSSR count). The van der Waals surface area contributed by atoms with E-state index in [4.69, 9.17) is 14.6 Å². The molecule has 1 N–H and O–H groups in total. The molecule has 1 aromatic rings. The molecule has 0 aliphatic heterocycles. The lowest BCUT2D eigenvalue weighted by molar-refractivity contribution is 0.0407. The van der Waals surface area contributed by atoms with Crippen LogP contribution in [0.25, 0.3) is 0 Å². The van der Waals surface area contributed by atoms with Crippen molar-refractivity contribution < 1.29 is 23.8 Å². The minimum Gasteiger partial charge on any atom is -0.478 e. The Morgan fingerprint density at radius 3 is 2.67 bits per heavy atom. The predicted molar refractivity (Wildman–Crippen MR) is 64.1 cm³/mol. The maximum atomic E-state index is 13.1. The molecule has 0 aliphatic rings. The lowest BCUT2D eigenvalue weighted by Gasteiger charge is -2.06. The highest BCUT2D eigenvalue weighted by Crippen LogP contribution is 2.11. The Hall–Kier alpha value is -1.46. The molecule has 0 heterocycles. The van der Waals surface area contributed by atoms with Crippen LogP contribution in [-0.2, 0) is 16.1 Å². The zero-order valence-electron chi connectivity index (χ0n) is 10.3. The van der Waals surface area contributed by atoms with Gasteiger partial charge in [-0.05, 0) is 24.1 Å². The highest BCUT2D eigenvalue weighted by Gasteiger charge is 2.10. The molecule has 0 aliphatic carbocycles. The third kappa shape index (κ3) is 4.81. The Morgan fingerprint density at radius 1 is 1.28 bits per heavy atom. The molecular formula is C13H17FO4. The number of ether oxygens (including phenoxy) is 2. The molecule has 0 spiro atoms. The minimum absolute atomic E-state index is 0.246. The highest BCUT2D eigenvalue weighted by atomic mass is 19.1. The monoisotopic (exact) mass is 256 g/mol. The molecule has 18 heavy (non-hydrogen) atoms. The summed E-state index contributed by atoms with van der Waals surface area (Å²) in [6.45, 7) is 3.90. The molecule has 0 unspecified atom stereocenters. The van der Waals surface area contributed by atoms with E-state index < -0.39 is 11.8 Å². The van der Waals surface area contributed by atoms with Crippen molar-refractivity contribution in [2.75, 3.05) is 19.8 Å². The van der Waals surface area contributed by atoms with Gasteiger partial charge in [0.25, 0.3) is 0 Å². The molecular weight excluding hydrogens is 239 g/mol. The average molecular weight is 256 g/mol. The van der Waals surface area contributed by atoms with E-state index in [1.54, 1.807) is 0 Å². The van der Waals surface area contributed by atoms with Crippen molar-refractivity contribution in [2.24, 2.45) is 0 Å². The molecule has 0 fully saturated rings. The summed E-state index contributed by atoms with van der Waals surface area (Å²) in [5, 5.41) is 8.76. The van der Waals surface area contributed by atoms with Crippen LogP contribution in [0.15, 0.2) is 18.2 Å². The Bertz CT molecular complexity index is 393. The second-order valence-electron chi connectivity index (χ2n) is 3.78. The number of carbonyl (C=O) groups is 1. The van der Waals surface area contributed by atoms with Crippen molar-refractivity contribution in [3.63, 3.8) is 0 Å². The number of rotatable bonds is 8. The van der Waals surface area contributed by atoms with Crippen LogP contribution in [0.5, 0.6) is 0 Å². The third-order valence-corrected chi connectivity index (χ3v) is 2.25. The maximum absolute atomic E-state index is 13.1. The van der Waals surface area contributed by atoms with Crippen LogP contribution >= 0.6 is 0 Å². The second-order valence-corrected chi connectivity index (χ2v) is 3.78. The maximum Gasteiger partial charge on any atom is 0.338 e. The zero-order chi connectivity index (χ0) is 13.4. The van der Waals surface area contributed by atoms with E-state index in [0.29, 0.717) is 25.4 Å². The first-order valence-corrected chi connectivity index (χ1v) is 5.82. The van der Waals surface area contributed by atoms with E-state index in [1.165, 1.54) is 12.1 Å². The Morgan fingerprint density at radius 2 is 2.00 bits per heavy atom. The van der Waals surface area contributed by atoms with Crippen LogP contribution in [0.4, 0.5) is 4.39 Å². The summed E-state index contributed by atoms with van der Waals surface area (Å²) < 4.78 is 23.6. The molecule has 4 nitrogen and oxygen atoms in total. The molecule has 0 saturated heterocycles. The van der Waals surface area contributed by atoms with Crippen molar-refractivity contribution in [2.45, 2.75) is 20.0 Å². The molecule has 0 aromatic heterocycles. The fourth-order valence-corrected chi connectivity index (χ4v) is 1.38. The van der Waals surface area contributed by atoms with Crippen LogP contribution in [0, 0.1) is 5.82 Å². The van der Waals surface area contributed by atoms with Crippen molar-refractivity contribution in [3.8, 4) is 0 Å². The van der Waals surface area contributed by atoms with E-state index in [0.717, 1.165) is 12.5 Å². The number of halogens is 1. The molecule has 0 amide bonds. The van der Waals surface area contributed by atoms with Gasteiger partial charge in [-0.2, -0.15) is 0 Å². The largest absolute Gasteiger partial charge is 0.478 e. The van der Waals surface area contributed by atoms with Gasteiger partial charge in [-0.15, -0.1) is 0 Å². The quantitative estimate of drug-likeness (QED) is 0.726. The van der Waals surface area contributed by atoms with E-state index in [1.807, 2.05) is 6.92 Å². The van der Waals surface area contributed by atoms with Crippen molar-refractivity contribution in [1.29, 1.82) is 0 Å². The van der Waals surface area contributed by atoms with E-state index >= 15 is 0 Å². The first-order valence-electron chi connectivity index (χ1n) is 5.82. The SMILES string of the molecule is CCCOCCOCc1ccc(F)c(C(=O)O)c1. The number of hydrogen-bond acceptors (Lipinski definition) is 3. The van der Waals surface area contributed by atoms with Gasteiger partial charge in [0.2, 0.25) is 0 Å². The van der Waals surface area contributed by atoms with Gasteiger partial charge < -0.3 is 14.6 Å². The van der Waals surface area contributed by atoms with Crippen molar-refractivity contribution >= 4 is 5.97 Å². The molecule has 0 saturated carbocycles. The van der Waals surface area contributed by atoms with E-state index in [9.17, 15) is 9.18 Å². The summed E-state index contributed by atoms with van der Waals surface area (Å²) >= 11 is 0. The zero-order valence-corrected chi connectivity index (χ0v) is 10.3. The van der Waals surface area contributed by atoms with Gasteiger partial charge in [0.05, 0.1) is 25.4 Å². The van der Waals surface area contributed by atoms with E-state index in [-0.39, 0.29) is 12.2 Å². The number of aromatic carboxylic acids is 1. The second kappa shape index (κ2) is 7.79. The molecule has 5 heteroatoms. The number of carboxylic acids is 1. The molecule has 1 aromatic carbocycles. The summed E-state index contributed by atoms with van der Waals surface area (Å²) in [5.41, 5.74) is 0.294. The number of hydrogen-bond donors (Lipinski definition) is 1. The Labute approximate surface area is 105 Å². The summed E-state index contributed by atoms with van der Waals surface area (Å²) in [7, 11) is 0. The normalized spacial score (nSPS) is 10.6. The van der Waals surface area contributed by atoms with Crippen molar-refractivity contribution in [1.82, 2.24) is 0 Å². The number of benzene rings is 1. The Balaban J connectivity index is 2.38. The lowest BCUT2D eigenvalue weighted by Crippen LogP contribution is -2.06. The fourth-order valence-electron chi connectivity index (χ4n) is 1.38. The van der Waals surface area contributed by atoms with Gasteiger partial charge >= 0.3 is 5.97 Å². The smallest absolute Gasteiger partial charge is 0.338 e. The Kier molecular flexibility index (Phi) is 6.32. The van der Waals surface area contributed by atoms with Crippen LogP contribution in [0.2, 0.25) is 0 Å². The summed E-state index contributed by atoms with van der Waals surface area (Å²) in [6, 6.07) is 3.93. The standard InChI is InChI=1S/C13H17FO4/c1-2-5-17-6-7-18-9-10-3-4-12(14)11(8-10)13(15)16/h3-4,8H,2,5-7,9H2,1H3,(H,15,16). The summed E-state index contributed by atoms with van der Waals surface area (Å²) in [6.07, 6.45) is 0.958. The number of carboxylic acid groups (broad SMARTS) is 1. The van der Waals surface area contributed by atoms with Gasteiger partial charge in [-0.1, -0.05) is 13.0 Å². The lowest BCUT2D eigenvalue weighted by atomic mass is 10.1. The molecule has 0 bridgehead atoms. The topological polar surface area (TPSA) is 55.8 Å². The summed E-state index contributed by atoms with van der Waals surface area (Å²) in [4.78, 5) is 10.7. The van der Waals surface area contributed by atoms with E-state index in [2.05, 4.69) is 0 Å². The molecule has 100 valence electrons. The van der Waals surface area contributed by atoms with Gasteiger partial charge in [-0.25, -0.2) is 9.18 Å². The van der Waals surface area contributed by atoms with Crippen LogP contribution < -0.4 is 0 Å². The minimum atomic E-state index is -1.28. The summed E-state index contributed by atoms with van der Waals surface area (Å²) in [5.74, 6) is -2.02. The average Bonchev–Trinajstić information content (AvgIpc) is 2.35. The van der Waals surface area contributed by atoms with Gasteiger partial charge in [0.15, 0.2) is 0 Å². The predicted octanol–water partition coefficient (Wildman–Crippen LogP) is 2.47. The molecule has 0 atom stereocenters. The van der Waals surface area contributed by atoms with Crippen LogP contribution in [0.1, 0.15) is 29.3 Å². The van der Waals surface area contributed by atoms with Gasteiger partial charge in [-0.3, -0.25) is 0 Å². The van der Waals surface area contributed by atoms with Gasteiger partial charge in [0, 0.05) is 6.61 Å². The highest BCUT2D eigenvalue weighted by molar-refractivity contribution is 5.88. The fraction of sp³-hybridized carbons (Fsp3) is 0.462. The first-order chi connectivity index (χ1) is 8.65. The molecule has 0 radical (unpaired) electrons. The van der Waals surface area contributed by atoms with Crippen LogP contribution in [-0.4, -0.2) is 30.9 Å².